The second-order valence-electron chi connectivity index (χ2n) is 4.28. The third-order valence-electron chi connectivity index (χ3n) is 1.52. The maximum Gasteiger partial charge on any atom is 0.413 e. The van der Waals surface area contributed by atoms with Crippen molar-refractivity contribution in [1.82, 2.24) is 4.98 Å². The molecule has 17 heavy (non-hydrogen) atoms. The van der Waals surface area contributed by atoms with Gasteiger partial charge in [-0.25, -0.2) is 9.78 Å². The van der Waals surface area contributed by atoms with Gasteiger partial charge in [0.05, 0.1) is 0 Å². The number of amides is 1. The molecule has 1 aromatic rings. The third kappa shape index (κ3) is 5.74. The normalized spacial score (nSPS) is 11.8. The zero-order valence-electron chi connectivity index (χ0n) is 10.1. The molecule has 0 bridgehead atoms. The van der Waals surface area contributed by atoms with Gasteiger partial charge in [0.25, 0.3) is 0 Å². The predicted molar refractivity (Wildman–Crippen MR) is 74.9 cm³/mol. The van der Waals surface area contributed by atoms with Crippen LogP contribution in [-0.4, -0.2) is 22.4 Å². The quantitative estimate of drug-likeness (QED) is 0.829. The number of thiol groups is 1. The molecule has 1 aromatic heterocycles. The maximum absolute atomic E-state index is 11.5. The Morgan fingerprint density at radius 1 is 1.65 bits per heavy atom. The number of carbonyl (C=O) groups excluding carboxylic acids is 1. The van der Waals surface area contributed by atoms with E-state index in [1.807, 2.05) is 32.9 Å². The van der Waals surface area contributed by atoms with Crippen LogP contribution in [0, 0.1) is 0 Å². The first kappa shape index (κ1) is 14.1. The summed E-state index contributed by atoms with van der Waals surface area (Å²) >= 11 is 5.45. The van der Waals surface area contributed by atoms with E-state index in [1.54, 1.807) is 6.20 Å². The second kappa shape index (κ2) is 6.07. The van der Waals surface area contributed by atoms with E-state index in [4.69, 9.17) is 4.74 Å². The van der Waals surface area contributed by atoms with Crippen LogP contribution in [0.25, 0.3) is 6.08 Å². The fourth-order valence-corrected chi connectivity index (χ4v) is 1.82. The summed E-state index contributed by atoms with van der Waals surface area (Å²) in [5.41, 5.74) is -0.504. The Morgan fingerprint density at radius 3 is 2.94 bits per heavy atom. The van der Waals surface area contributed by atoms with Gasteiger partial charge in [0.2, 0.25) is 0 Å². The summed E-state index contributed by atoms with van der Waals surface area (Å²) in [7, 11) is 0. The molecular formula is C11H16N2O2S2. The summed E-state index contributed by atoms with van der Waals surface area (Å²) in [6.45, 7) is 5.44. The van der Waals surface area contributed by atoms with E-state index in [1.165, 1.54) is 11.3 Å². The average Bonchev–Trinajstić information content (AvgIpc) is 2.59. The Kier molecular flexibility index (Phi) is 5.02. The van der Waals surface area contributed by atoms with E-state index in [0.29, 0.717) is 10.9 Å². The van der Waals surface area contributed by atoms with Crippen LogP contribution < -0.4 is 5.32 Å². The van der Waals surface area contributed by atoms with Crippen LogP contribution in [0.1, 0.15) is 25.6 Å². The van der Waals surface area contributed by atoms with Gasteiger partial charge in [-0.1, -0.05) is 17.4 Å². The van der Waals surface area contributed by atoms with Gasteiger partial charge in [-0.2, -0.15) is 12.6 Å². The fourth-order valence-electron chi connectivity index (χ4n) is 0.981. The van der Waals surface area contributed by atoms with Gasteiger partial charge in [-0.05, 0) is 26.8 Å². The molecule has 0 aliphatic heterocycles. The number of hydrogen-bond donors (Lipinski definition) is 2. The highest BCUT2D eigenvalue weighted by atomic mass is 32.1. The highest BCUT2D eigenvalue weighted by molar-refractivity contribution is 7.80. The molecule has 0 fully saturated rings. The molecule has 0 aromatic carbocycles. The van der Waals surface area contributed by atoms with Crippen molar-refractivity contribution in [2.75, 3.05) is 11.1 Å². The minimum atomic E-state index is -0.504. The lowest BCUT2D eigenvalue weighted by molar-refractivity contribution is 0.0636. The predicted octanol–water partition coefficient (Wildman–Crippen LogP) is 3.43. The number of carbonyl (C=O) groups is 1. The number of rotatable bonds is 3. The first-order valence-electron chi connectivity index (χ1n) is 5.14. The highest BCUT2D eigenvalue weighted by Gasteiger charge is 2.16. The van der Waals surface area contributed by atoms with Crippen molar-refractivity contribution in [2.45, 2.75) is 26.4 Å². The molecule has 0 radical (unpaired) electrons. The van der Waals surface area contributed by atoms with E-state index in [-0.39, 0.29) is 0 Å². The van der Waals surface area contributed by atoms with Gasteiger partial charge < -0.3 is 4.74 Å². The number of nitrogens with one attached hydrogen (secondary N) is 1. The summed E-state index contributed by atoms with van der Waals surface area (Å²) < 4.78 is 5.12. The lowest BCUT2D eigenvalue weighted by Crippen LogP contribution is -2.27. The van der Waals surface area contributed by atoms with Gasteiger partial charge in [0, 0.05) is 16.8 Å². The van der Waals surface area contributed by atoms with Crippen LogP contribution in [0.2, 0.25) is 0 Å². The van der Waals surface area contributed by atoms with Crippen LogP contribution in [-0.2, 0) is 4.74 Å². The van der Waals surface area contributed by atoms with Crippen molar-refractivity contribution in [2.24, 2.45) is 0 Å². The molecule has 0 unspecified atom stereocenters. The van der Waals surface area contributed by atoms with E-state index < -0.39 is 11.7 Å². The van der Waals surface area contributed by atoms with Crippen molar-refractivity contribution in [3.63, 3.8) is 0 Å². The fraction of sp³-hybridized carbons (Fsp3) is 0.455. The molecule has 0 aliphatic rings. The van der Waals surface area contributed by atoms with E-state index in [0.717, 1.165) is 4.88 Å². The largest absolute Gasteiger partial charge is 0.444 e. The van der Waals surface area contributed by atoms with E-state index >= 15 is 0 Å². The number of thiazole rings is 1. The number of hydrogen-bond acceptors (Lipinski definition) is 5. The van der Waals surface area contributed by atoms with Gasteiger partial charge >= 0.3 is 6.09 Å². The number of aromatic nitrogens is 1. The van der Waals surface area contributed by atoms with Crippen molar-refractivity contribution in [3.05, 3.63) is 17.2 Å². The van der Waals surface area contributed by atoms with Crippen molar-refractivity contribution >= 4 is 41.3 Å². The lowest BCUT2D eigenvalue weighted by Gasteiger charge is -2.18. The van der Waals surface area contributed by atoms with Crippen molar-refractivity contribution in [1.29, 1.82) is 0 Å². The number of nitrogens with zero attached hydrogens (tertiary/aromatic N) is 1. The van der Waals surface area contributed by atoms with E-state index in [9.17, 15) is 4.79 Å². The Labute approximate surface area is 111 Å². The standard InChI is InChI=1S/C11H16N2O2S2/c1-11(2,3)15-10(14)13-9-12-7-8(17-9)5-4-6-16/h4-5,7,16H,6H2,1-3H3,(H,12,13,14). The van der Waals surface area contributed by atoms with Gasteiger partial charge in [0.15, 0.2) is 5.13 Å². The van der Waals surface area contributed by atoms with Crippen LogP contribution in [0.3, 0.4) is 0 Å². The third-order valence-corrected chi connectivity index (χ3v) is 2.61. The molecule has 1 heterocycles. The highest BCUT2D eigenvalue weighted by Crippen LogP contribution is 2.20. The lowest BCUT2D eigenvalue weighted by atomic mass is 10.2. The maximum atomic E-state index is 11.5. The first-order valence-corrected chi connectivity index (χ1v) is 6.59. The number of ether oxygens (including phenoxy) is 1. The van der Waals surface area contributed by atoms with Crippen molar-refractivity contribution < 1.29 is 9.53 Å². The second-order valence-corrected chi connectivity index (χ2v) is 5.71. The van der Waals surface area contributed by atoms with Crippen LogP contribution in [0.5, 0.6) is 0 Å². The molecule has 0 saturated heterocycles. The Balaban J connectivity index is 2.55. The molecule has 0 spiro atoms. The molecule has 1 rings (SSSR count). The Hall–Kier alpha value is -1.01. The molecule has 94 valence electrons. The van der Waals surface area contributed by atoms with E-state index in [2.05, 4.69) is 22.9 Å². The molecular weight excluding hydrogens is 256 g/mol. The van der Waals surface area contributed by atoms with Crippen molar-refractivity contribution in [3.8, 4) is 0 Å². The smallest absolute Gasteiger partial charge is 0.413 e. The van der Waals surface area contributed by atoms with Gasteiger partial charge in [-0.15, -0.1) is 0 Å². The first-order chi connectivity index (χ1) is 7.90. The minimum absolute atomic E-state index is 0.489. The Bertz CT molecular complexity index is 408. The molecule has 6 heteroatoms. The summed E-state index contributed by atoms with van der Waals surface area (Å²) in [5.74, 6) is 0.673. The summed E-state index contributed by atoms with van der Waals surface area (Å²) in [6, 6.07) is 0. The summed E-state index contributed by atoms with van der Waals surface area (Å²) in [4.78, 5) is 16.5. The topological polar surface area (TPSA) is 51.2 Å². The summed E-state index contributed by atoms with van der Waals surface area (Å²) in [6.07, 6.45) is 5.02. The van der Waals surface area contributed by atoms with Gasteiger partial charge in [-0.3, -0.25) is 5.32 Å². The molecule has 4 nitrogen and oxygen atoms in total. The minimum Gasteiger partial charge on any atom is -0.444 e. The van der Waals surface area contributed by atoms with Crippen LogP contribution in [0.15, 0.2) is 12.3 Å². The summed E-state index contributed by atoms with van der Waals surface area (Å²) in [5, 5.41) is 3.11. The zero-order chi connectivity index (χ0) is 12.9. The molecule has 1 N–H and O–H groups in total. The van der Waals surface area contributed by atoms with Crippen LogP contribution in [0.4, 0.5) is 9.93 Å². The van der Waals surface area contributed by atoms with Crippen LogP contribution >= 0.6 is 24.0 Å². The molecule has 0 saturated carbocycles. The van der Waals surface area contributed by atoms with Gasteiger partial charge in [0.1, 0.15) is 5.60 Å². The monoisotopic (exact) mass is 272 g/mol. The molecule has 0 atom stereocenters. The zero-order valence-corrected chi connectivity index (χ0v) is 11.8. The molecule has 0 aliphatic carbocycles. The SMILES string of the molecule is CC(C)(C)OC(=O)Nc1ncc(C=CCS)s1. The number of anilines is 1. The molecule has 1 amide bonds. The average molecular weight is 272 g/mol. The Morgan fingerprint density at radius 2 is 2.35 bits per heavy atom.